The molecule has 0 fully saturated rings. The molecule has 6 heteroatoms. The Bertz CT molecular complexity index is 403. The van der Waals surface area contributed by atoms with Crippen LogP contribution in [0.25, 0.3) is 0 Å². The van der Waals surface area contributed by atoms with Gasteiger partial charge in [-0.05, 0) is 13.3 Å². The van der Waals surface area contributed by atoms with Gasteiger partial charge in [-0.25, -0.2) is 4.98 Å². The number of aromatic nitrogens is 1. The van der Waals surface area contributed by atoms with Gasteiger partial charge in [0.05, 0.1) is 6.10 Å². The van der Waals surface area contributed by atoms with Gasteiger partial charge in [-0.2, -0.15) is 0 Å². The van der Waals surface area contributed by atoms with Crippen LogP contribution in [0.1, 0.15) is 37.2 Å². The fourth-order valence-corrected chi connectivity index (χ4v) is 1.89. The summed E-state index contributed by atoms with van der Waals surface area (Å²) in [4.78, 5) is 26.5. The van der Waals surface area contributed by atoms with Gasteiger partial charge in [0, 0.05) is 25.8 Å². The molecule has 17 heavy (non-hydrogen) atoms. The molecular weight excluding hydrogens is 240 g/mol. The van der Waals surface area contributed by atoms with Crippen LogP contribution < -0.4 is 5.32 Å². The van der Waals surface area contributed by atoms with E-state index >= 15 is 0 Å². The molecule has 1 aromatic heterocycles. The van der Waals surface area contributed by atoms with E-state index in [9.17, 15) is 9.59 Å². The van der Waals surface area contributed by atoms with Crippen LogP contribution in [0.5, 0.6) is 0 Å². The van der Waals surface area contributed by atoms with Crippen molar-refractivity contribution >= 4 is 28.2 Å². The van der Waals surface area contributed by atoms with E-state index in [1.165, 1.54) is 18.3 Å². The lowest BCUT2D eigenvalue weighted by molar-refractivity contribution is -0.116. The number of Topliss-reactive ketones (excluding diaryl/α,β-unsaturated/α-hetero) is 1. The van der Waals surface area contributed by atoms with Crippen LogP contribution in [0.4, 0.5) is 5.13 Å². The highest BCUT2D eigenvalue weighted by Gasteiger charge is 2.10. The Morgan fingerprint density at radius 2 is 2.29 bits per heavy atom. The molecule has 1 N–H and O–H groups in total. The third-order valence-corrected chi connectivity index (χ3v) is 3.05. The second-order valence-electron chi connectivity index (χ2n) is 3.73. The fraction of sp³-hybridized carbons (Fsp3) is 0.545. The molecule has 0 saturated heterocycles. The van der Waals surface area contributed by atoms with Crippen molar-refractivity contribution in [2.75, 3.05) is 12.4 Å². The van der Waals surface area contributed by atoms with Gasteiger partial charge in [0.25, 0.3) is 0 Å². The number of nitrogens with one attached hydrogen (secondary N) is 1. The van der Waals surface area contributed by atoms with Crippen molar-refractivity contribution in [3.05, 3.63) is 11.1 Å². The molecule has 1 heterocycles. The Morgan fingerprint density at radius 3 is 2.82 bits per heavy atom. The van der Waals surface area contributed by atoms with Gasteiger partial charge in [0.1, 0.15) is 5.69 Å². The number of anilines is 1. The highest BCUT2D eigenvalue weighted by Crippen LogP contribution is 2.16. The summed E-state index contributed by atoms with van der Waals surface area (Å²) in [5, 5.41) is 4.76. The summed E-state index contributed by atoms with van der Waals surface area (Å²) in [5.41, 5.74) is 0.385. The van der Waals surface area contributed by atoms with Crippen LogP contribution >= 0.6 is 11.3 Å². The van der Waals surface area contributed by atoms with Crippen molar-refractivity contribution < 1.29 is 14.3 Å². The van der Waals surface area contributed by atoms with Crippen molar-refractivity contribution in [3.8, 4) is 0 Å². The first-order valence-electron chi connectivity index (χ1n) is 5.32. The van der Waals surface area contributed by atoms with Gasteiger partial charge < -0.3 is 10.1 Å². The number of ether oxygens (including phenoxy) is 1. The predicted octanol–water partition coefficient (Wildman–Crippen LogP) is 2.10. The smallest absolute Gasteiger partial charge is 0.226 e. The van der Waals surface area contributed by atoms with Crippen LogP contribution in [-0.2, 0) is 9.53 Å². The first-order chi connectivity index (χ1) is 8.02. The van der Waals surface area contributed by atoms with Crippen molar-refractivity contribution in [2.45, 2.75) is 32.8 Å². The maximum atomic E-state index is 11.5. The molecule has 94 valence electrons. The van der Waals surface area contributed by atoms with Gasteiger partial charge in [-0.15, -0.1) is 11.3 Å². The molecule has 0 aliphatic carbocycles. The number of amides is 1. The zero-order valence-electron chi connectivity index (χ0n) is 10.1. The summed E-state index contributed by atoms with van der Waals surface area (Å²) in [6.07, 6.45) is 1.10. The number of carbonyl (C=O) groups excluding carboxylic acids is 2. The average Bonchev–Trinajstić information content (AvgIpc) is 2.74. The molecule has 0 radical (unpaired) electrons. The van der Waals surface area contributed by atoms with E-state index in [-0.39, 0.29) is 17.8 Å². The van der Waals surface area contributed by atoms with Crippen LogP contribution in [0.3, 0.4) is 0 Å². The summed E-state index contributed by atoms with van der Waals surface area (Å²) in [7, 11) is 1.61. The van der Waals surface area contributed by atoms with Crippen molar-refractivity contribution in [1.82, 2.24) is 4.98 Å². The largest absolute Gasteiger partial charge is 0.382 e. The molecule has 1 rings (SSSR count). The van der Waals surface area contributed by atoms with E-state index in [2.05, 4.69) is 10.3 Å². The third kappa shape index (κ3) is 4.62. The topological polar surface area (TPSA) is 68.3 Å². The number of carbonyl (C=O) groups is 2. The Balaban J connectivity index is 2.42. The van der Waals surface area contributed by atoms with Gasteiger partial charge in [0.15, 0.2) is 10.9 Å². The minimum atomic E-state index is -0.113. The quantitative estimate of drug-likeness (QED) is 0.791. The monoisotopic (exact) mass is 256 g/mol. The van der Waals surface area contributed by atoms with E-state index in [0.717, 1.165) is 0 Å². The highest BCUT2D eigenvalue weighted by molar-refractivity contribution is 7.14. The molecule has 1 unspecified atom stereocenters. The standard InChI is InChI=1S/C11H16N2O3S/c1-7(16-3)4-5-10(15)13-11-12-9(6-17-11)8(2)14/h6-7H,4-5H2,1-3H3,(H,12,13,15). The van der Waals surface area contributed by atoms with Gasteiger partial charge in [-0.3, -0.25) is 9.59 Å². The Morgan fingerprint density at radius 1 is 1.59 bits per heavy atom. The molecule has 5 nitrogen and oxygen atoms in total. The third-order valence-electron chi connectivity index (χ3n) is 2.29. The van der Waals surface area contributed by atoms with Crippen LogP contribution in [0.2, 0.25) is 0 Å². The first-order valence-corrected chi connectivity index (χ1v) is 6.20. The lowest BCUT2D eigenvalue weighted by Gasteiger charge is -2.07. The molecule has 0 aliphatic heterocycles. The SMILES string of the molecule is COC(C)CCC(=O)Nc1nc(C(C)=O)cs1. The fourth-order valence-electron chi connectivity index (χ4n) is 1.13. The van der Waals surface area contributed by atoms with E-state index in [4.69, 9.17) is 4.74 Å². The second kappa shape index (κ2) is 6.46. The summed E-state index contributed by atoms with van der Waals surface area (Å²) in [6, 6.07) is 0. The van der Waals surface area contributed by atoms with Gasteiger partial charge >= 0.3 is 0 Å². The maximum absolute atomic E-state index is 11.5. The van der Waals surface area contributed by atoms with Gasteiger partial charge in [-0.1, -0.05) is 0 Å². The zero-order valence-corrected chi connectivity index (χ0v) is 11.0. The molecule has 0 spiro atoms. The molecule has 0 bridgehead atoms. The molecule has 1 atom stereocenters. The van der Waals surface area contributed by atoms with E-state index in [1.54, 1.807) is 12.5 Å². The summed E-state index contributed by atoms with van der Waals surface area (Å²) >= 11 is 1.25. The summed E-state index contributed by atoms with van der Waals surface area (Å²) in [6.45, 7) is 3.35. The van der Waals surface area contributed by atoms with Crippen LogP contribution in [0.15, 0.2) is 5.38 Å². The number of ketones is 1. The second-order valence-corrected chi connectivity index (χ2v) is 4.59. The highest BCUT2D eigenvalue weighted by atomic mass is 32.1. The minimum Gasteiger partial charge on any atom is -0.382 e. The van der Waals surface area contributed by atoms with E-state index in [1.807, 2.05) is 6.92 Å². The number of rotatable bonds is 6. The lowest BCUT2D eigenvalue weighted by Crippen LogP contribution is -2.15. The molecule has 0 saturated carbocycles. The Hall–Kier alpha value is -1.27. The van der Waals surface area contributed by atoms with Crippen LogP contribution in [-0.4, -0.2) is 29.9 Å². The summed E-state index contributed by atoms with van der Waals surface area (Å²) < 4.78 is 5.05. The lowest BCUT2D eigenvalue weighted by atomic mass is 10.2. The number of thiazole rings is 1. The van der Waals surface area contributed by atoms with Crippen molar-refractivity contribution in [3.63, 3.8) is 0 Å². The number of hydrogen-bond acceptors (Lipinski definition) is 5. The Kier molecular flexibility index (Phi) is 5.24. The van der Waals surface area contributed by atoms with Gasteiger partial charge in [0.2, 0.25) is 5.91 Å². The average molecular weight is 256 g/mol. The Labute approximate surface area is 104 Å². The number of nitrogens with zero attached hydrogens (tertiary/aromatic N) is 1. The van der Waals surface area contributed by atoms with E-state index < -0.39 is 0 Å². The molecular formula is C11H16N2O3S. The molecule has 1 amide bonds. The molecule has 0 aromatic carbocycles. The first kappa shape index (κ1) is 13.8. The molecule has 0 aliphatic rings. The number of methoxy groups -OCH3 is 1. The zero-order chi connectivity index (χ0) is 12.8. The minimum absolute atomic E-state index is 0.0600. The van der Waals surface area contributed by atoms with Crippen LogP contribution in [0, 0.1) is 0 Å². The maximum Gasteiger partial charge on any atom is 0.226 e. The van der Waals surface area contributed by atoms with E-state index in [0.29, 0.717) is 23.7 Å². The summed E-state index contributed by atoms with van der Waals surface area (Å²) in [5.74, 6) is -0.215. The normalized spacial score (nSPS) is 12.2. The predicted molar refractivity (Wildman–Crippen MR) is 66.5 cm³/mol. The van der Waals surface area contributed by atoms with Crippen molar-refractivity contribution in [2.24, 2.45) is 0 Å². The van der Waals surface area contributed by atoms with Crippen molar-refractivity contribution in [1.29, 1.82) is 0 Å². The molecule has 1 aromatic rings. The number of hydrogen-bond donors (Lipinski definition) is 1.